The zero-order chi connectivity index (χ0) is 14.4. The van der Waals surface area contributed by atoms with E-state index in [0.717, 1.165) is 17.8 Å². The first kappa shape index (κ1) is 14.8. The number of anilines is 1. The van der Waals surface area contributed by atoms with Gasteiger partial charge >= 0.3 is 5.97 Å². The van der Waals surface area contributed by atoms with E-state index in [9.17, 15) is 19.7 Å². The Morgan fingerprint density at radius 3 is 2.63 bits per heavy atom. The summed E-state index contributed by atoms with van der Waals surface area (Å²) in [6.45, 7) is 0. The van der Waals surface area contributed by atoms with Gasteiger partial charge in [0, 0.05) is 0 Å². The second kappa shape index (κ2) is 6.59. The normalized spacial score (nSPS) is 9.89. The molecule has 19 heavy (non-hydrogen) atoms. The number of nitrogens with zero attached hydrogens (tertiary/aromatic N) is 1. The molecule has 1 aromatic carbocycles. The van der Waals surface area contributed by atoms with Crippen molar-refractivity contribution >= 4 is 35.0 Å². The Bertz CT molecular complexity index is 519. The molecule has 0 unspecified atom stereocenters. The summed E-state index contributed by atoms with van der Waals surface area (Å²) in [6, 6.07) is 3.32. The lowest BCUT2D eigenvalue weighted by Crippen LogP contribution is -2.16. The Kier molecular flexibility index (Phi) is 5.12. The molecule has 0 aliphatic rings. The van der Waals surface area contributed by atoms with E-state index in [2.05, 4.69) is 5.32 Å². The van der Waals surface area contributed by atoms with Crippen molar-refractivity contribution in [2.24, 2.45) is 0 Å². The van der Waals surface area contributed by atoms with Gasteiger partial charge in [0.1, 0.15) is 11.4 Å². The van der Waals surface area contributed by atoms with E-state index < -0.39 is 22.5 Å². The van der Waals surface area contributed by atoms with Gasteiger partial charge in [0.15, 0.2) is 0 Å². The summed E-state index contributed by atoms with van der Waals surface area (Å²) in [5.74, 6) is -2.26. The molecule has 3 N–H and O–H groups in total. The lowest BCUT2D eigenvalue weighted by molar-refractivity contribution is -0.384. The fourth-order valence-electron chi connectivity index (χ4n) is 1.19. The SMILES string of the molecule is O=C(O)CSCC(=O)Nc1ccc(O)cc1[N+](=O)[O-]. The van der Waals surface area contributed by atoms with Crippen LogP contribution < -0.4 is 5.32 Å². The maximum absolute atomic E-state index is 11.4. The summed E-state index contributed by atoms with van der Waals surface area (Å²) in [6.07, 6.45) is 0. The number of carbonyl (C=O) groups is 2. The van der Waals surface area contributed by atoms with Crippen LogP contribution >= 0.6 is 11.8 Å². The lowest BCUT2D eigenvalue weighted by atomic mass is 10.2. The Morgan fingerprint density at radius 1 is 1.37 bits per heavy atom. The van der Waals surface area contributed by atoms with E-state index >= 15 is 0 Å². The third kappa shape index (κ3) is 4.84. The highest BCUT2D eigenvalue weighted by molar-refractivity contribution is 8.00. The number of nitrogens with one attached hydrogen (secondary N) is 1. The van der Waals surface area contributed by atoms with Crippen LogP contribution in [0, 0.1) is 10.1 Å². The molecule has 0 fully saturated rings. The number of carbonyl (C=O) groups excluding carboxylic acids is 1. The molecule has 0 radical (unpaired) electrons. The average molecular weight is 286 g/mol. The lowest BCUT2D eigenvalue weighted by Gasteiger charge is -2.05. The number of nitro groups is 1. The van der Waals surface area contributed by atoms with E-state index in [1.807, 2.05) is 0 Å². The minimum atomic E-state index is -1.05. The van der Waals surface area contributed by atoms with Crippen LogP contribution in [-0.4, -0.2) is 38.5 Å². The number of carboxylic acids is 1. The summed E-state index contributed by atoms with van der Waals surface area (Å²) in [5, 5.41) is 30.5. The standard InChI is InChI=1S/C10H10N2O6S/c13-6-1-2-7(8(3-6)12(17)18)11-9(14)4-19-5-10(15)16/h1-3,13H,4-5H2,(H,11,14)(H,15,16). The number of amides is 1. The molecule has 0 saturated carbocycles. The number of hydrogen-bond acceptors (Lipinski definition) is 6. The largest absolute Gasteiger partial charge is 0.508 e. The molecule has 1 aromatic rings. The van der Waals surface area contributed by atoms with Gasteiger partial charge in [-0.2, -0.15) is 0 Å². The molecule has 0 aliphatic heterocycles. The van der Waals surface area contributed by atoms with Crippen molar-refractivity contribution in [3.05, 3.63) is 28.3 Å². The highest BCUT2D eigenvalue weighted by atomic mass is 32.2. The van der Waals surface area contributed by atoms with E-state index in [1.54, 1.807) is 0 Å². The second-order valence-corrected chi connectivity index (χ2v) is 4.38. The summed E-state index contributed by atoms with van der Waals surface area (Å²) in [5.41, 5.74) is -0.486. The summed E-state index contributed by atoms with van der Waals surface area (Å²) < 4.78 is 0. The van der Waals surface area contributed by atoms with E-state index in [0.29, 0.717) is 0 Å². The van der Waals surface area contributed by atoms with Crippen LogP contribution in [-0.2, 0) is 9.59 Å². The Labute approximate surface area is 111 Å². The zero-order valence-corrected chi connectivity index (χ0v) is 10.3. The van der Waals surface area contributed by atoms with Crippen molar-refractivity contribution in [3.63, 3.8) is 0 Å². The Balaban J connectivity index is 2.68. The summed E-state index contributed by atoms with van der Waals surface area (Å²) >= 11 is 0.875. The predicted molar refractivity (Wildman–Crippen MR) is 68.4 cm³/mol. The number of benzene rings is 1. The zero-order valence-electron chi connectivity index (χ0n) is 9.53. The number of hydrogen-bond donors (Lipinski definition) is 3. The third-order valence-corrected chi connectivity index (χ3v) is 2.83. The quantitative estimate of drug-likeness (QED) is 0.405. The molecule has 1 rings (SSSR count). The molecule has 0 saturated heterocycles. The van der Waals surface area contributed by atoms with E-state index in [-0.39, 0.29) is 22.9 Å². The maximum atomic E-state index is 11.4. The van der Waals surface area contributed by atoms with Gasteiger partial charge in [0.2, 0.25) is 5.91 Å². The van der Waals surface area contributed by atoms with Gasteiger partial charge in [-0.25, -0.2) is 0 Å². The number of phenols is 1. The molecule has 8 nitrogen and oxygen atoms in total. The monoisotopic (exact) mass is 286 g/mol. The van der Waals surface area contributed by atoms with Gasteiger partial charge in [-0.3, -0.25) is 19.7 Å². The van der Waals surface area contributed by atoms with Gasteiger partial charge in [-0.15, -0.1) is 11.8 Å². The van der Waals surface area contributed by atoms with Crippen molar-refractivity contribution < 1.29 is 24.7 Å². The molecule has 102 valence electrons. The van der Waals surface area contributed by atoms with Gasteiger partial charge in [0.25, 0.3) is 5.69 Å². The molecular formula is C10H10N2O6S. The average Bonchev–Trinajstić information content (AvgIpc) is 2.30. The van der Waals surface area contributed by atoms with Crippen LogP contribution in [0.1, 0.15) is 0 Å². The molecule has 9 heteroatoms. The fourth-order valence-corrected chi connectivity index (χ4v) is 1.73. The highest BCUT2D eigenvalue weighted by Gasteiger charge is 2.16. The number of rotatable bonds is 6. The van der Waals surface area contributed by atoms with Gasteiger partial charge in [-0.05, 0) is 12.1 Å². The number of aliphatic carboxylic acids is 1. The van der Waals surface area contributed by atoms with Crippen LogP contribution in [0.2, 0.25) is 0 Å². The topological polar surface area (TPSA) is 130 Å². The molecule has 0 bridgehead atoms. The number of thioether (sulfide) groups is 1. The van der Waals surface area contributed by atoms with Crippen molar-refractivity contribution in [2.75, 3.05) is 16.8 Å². The van der Waals surface area contributed by atoms with Crippen LogP contribution in [0.15, 0.2) is 18.2 Å². The molecule has 1 amide bonds. The number of phenolic OH excluding ortho intramolecular Hbond substituents is 1. The number of aromatic hydroxyl groups is 1. The van der Waals surface area contributed by atoms with Crippen LogP contribution in [0.25, 0.3) is 0 Å². The minimum absolute atomic E-state index is 0.0521. The summed E-state index contributed by atoms with van der Waals surface area (Å²) in [4.78, 5) is 31.7. The first-order valence-electron chi connectivity index (χ1n) is 4.97. The third-order valence-electron chi connectivity index (χ3n) is 1.91. The molecule has 0 spiro atoms. The summed E-state index contributed by atoms with van der Waals surface area (Å²) in [7, 11) is 0. The Morgan fingerprint density at radius 2 is 2.05 bits per heavy atom. The van der Waals surface area contributed by atoms with Crippen molar-refractivity contribution in [1.29, 1.82) is 0 Å². The number of nitro benzene ring substituents is 1. The van der Waals surface area contributed by atoms with E-state index in [4.69, 9.17) is 10.2 Å². The minimum Gasteiger partial charge on any atom is -0.508 e. The first-order valence-corrected chi connectivity index (χ1v) is 6.12. The number of carboxylic acid groups (broad SMARTS) is 1. The second-order valence-electron chi connectivity index (χ2n) is 3.39. The van der Waals surface area contributed by atoms with Crippen LogP contribution in [0.4, 0.5) is 11.4 Å². The maximum Gasteiger partial charge on any atom is 0.313 e. The molecule has 0 aliphatic carbocycles. The van der Waals surface area contributed by atoms with Crippen molar-refractivity contribution in [2.45, 2.75) is 0 Å². The van der Waals surface area contributed by atoms with Crippen molar-refractivity contribution in [3.8, 4) is 5.75 Å². The molecule has 0 heterocycles. The smallest absolute Gasteiger partial charge is 0.313 e. The molecule has 0 atom stereocenters. The molecular weight excluding hydrogens is 276 g/mol. The van der Waals surface area contributed by atoms with Crippen LogP contribution in [0.3, 0.4) is 0 Å². The fraction of sp³-hybridized carbons (Fsp3) is 0.200. The highest BCUT2D eigenvalue weighted by Crippen LogP contribution is 2.28. The van der Waals surface area contributed by atoms with E-state index in [1.165, 1.54) is 12.1 Å². The van der Waals surface area contributed by atoms with Gasteiger partial charge in [-0.1, -0.05) is 0 Å². The van der Waals surface area contributed by atoms with Gasteiger partial charge in [0.05, 0.1) is 22.5 Å². The van der Waals surface area contributed by atoms with Gasteiger partial charge < -0.3 is 15.5 Å². The predicted octanol–water partition coefficient (Wildman–Crippen LogP) is 1.06. The molecule has 0 aromatic heterocycles. The van der Waals surface area contributed by atoms with Crippen molar-refractivity contribution in [1.82, 2.24) is 0 Å². The first-order chi connectivity index (χ1) is 8.90. The van der Waals surface area contributed by atoms with Crippen LogP contribution in [0.5, 0.6) is 5.75 Å². The Hall–Kier alpha value is -2.29.